The molecule has 0 aliphatic carbocycles. The van der Waals surface area contributed by atoms with Crippen LogP contribution in [0.1, 0.15) is 22.6 Å². The Bertz CT molecular complexity index is 851. The van der Waals surface area contributed by atoms with Gasteiger partial charge in [-0.05, 0) is 19.4 Å². The summed E-state index contributed by atoms with van der Waals surface area (Å²) in [6, 6.07) is 15.9. The number of hydrogen-bond donors (Lipinski definition) is 0. The van der Waals surface area contributed by atoms with E-state index in [0.29, 0.717) is 24.7 Å². The first-order valence-electron chi connectivity index (χ1n) is 8.20. The van der Waals surface area contributed by atoms with Crippen LogP contribution >= 0.6 is 0 Å². The van der Waals surface area contributed by atoms with Crippen molar-refractivity contribution in [3.63, 3.8) is 0 Å². The number of aromatic nitrogens is 2. The molecule has 1 heterocycles. The summed E-state index contributed by atoms with van der Waals surface area (Å²) < 4.78 is 5.28. The van der Waals surface area contributed by atoms with Crippen molar-refractivity contribution in [2.45, 2.75) is 26.8 Å². The molecule has 0 unspecified atom stereocenters. The van der Waals surface area contributed by atoms with Crippen molar-refractivity contribution < 1.29 is 9.32 Å². The topological polar surface area (TPSA) is 59.2 Å². The fourth-order valence-corrected chi connectivity index (χ4v) is 2.45. The lowest BCUT2D eigenvalue weighted by Crippen LogP contribution is -2.27. The predicted molar refractivity (Wildman–Crippen MR) is 95.8 cm³/mol. The number of carbonyl (C=O) groups excluding carboxylic acids is 1. The third-order valence-corrected chi connectivity index (χ3v) is 4.05. The summed E-state index contributed by atoms with van der Waals surface area (Å²) in [6.07, 6.45) is 0.357. The van der Waals surface area contributed by atoms with Gasteiger partial charge in [-0.3, -0.25) is 4.79 Å². The number of rotatable bonds is 5. The molecule has 2 aromatic carbocycles. The van der Waals surface area contributed by atoms with Gasteiger partial charge < -0.3 is 9.42 Å². The minimum absolute atomic E-state index is 0.0129. The van der Waals surface area contributed by atoms with Gasteiger partial charge >= 0.3 is 0 Å². The van der Waals surface area contributed by atoms with Crippen molar-refractivity contribution in [1.29, 1.82) is 0 Å². The van der Waals surface area contributed by atoms with Gasteiger partial charge in [0.1, 0.15) is 0 Å². The van der Waals surface area contributed by atoms with Gasteiger partial charge in [-0.15, -0.1) is 0 Å². The molecule has 25 heavy (non-hydrogen) atoms. The van der Waals surface area contributed by atoms with Crippen molar-refractivity contribution in [3.05, 3.63) is 71.1 Å². The van der Waals surface area contributed by atoms with Crippen LogP contribution < -0.4 is 0 Å². The molecule has 0 bridgehead atoms. The Morgan fingerprint density at radius 1 is 1.00 bits per heavy atom. The highest BCUT2D eigenvalue weighted by molar-refractivity contribution is 5.78. The molecule has 0 saturated carbocycles. The number of amides is 1. The number of nitrogens with zero attached hydrogens (tertiary/aromatic N) is 3. The molecule has 0 fully saturated rings. The maximum Gasteiger partial charge on any atom is 0.246 e. The Balaban J connectivity index is 1.62. The molecule has 0 spiro atoms. The third-order valence-electron chi connectivity index (χ3n) is 4.05. The van der Waals surface area contributed by atoms with Crippen LogP contribution in [0, 0.1) is 13.8 Å². The van der Waals surface area contributed by atoms with Gasteiger partial charge in [-0.2, -0.15) is 4.98 Å². The fourth-order valence-electron chi connectivity index (χ4n) is 2.45. The highest BCUT2D eigenvalue weighted by Crippen LogP contribution is 2.17. The standard InChI is InChI=1S/C20H21N3O2/c1-14-4-8-16(9-5-14)12-19(24)23(3)13-18-21-20(22-25-18)17-10-6-15(2)7-11-17/h4-11H,12-13H2,1-3H3. The summed E-state index contributed by atoms with van der Waals surface area (Å²) in [7, 11) is 1.74. The molecule has 3 aromatic rings. The van der Waals surface area contributed by atoms with E-state index in [4.69, 9.17) is 4.52 Å². The maximum absolute atomic E-state index is 12.4. The van der Waals surface area contributed by atoms with Crippen LogP contribution in [0.5, 0.6) is 0 Å². The average molecular weight is 335 g/mol. The molecule has 0 N–H and O–H groups in total. The summed E-state index contributed by atoms with van der Waals surface area (Å²) in [5, 5.41) is 4.00. The number of aryl methyl sites for hydroxylation is 2. The number of likely N-dealkylation sites (N-methyl/N-ethyl adjacent to an activating group) is 1. The maximum atomic E-state index is 12.4. The summed E-state index contributed by atoms with van der Waals surface area (Å²) in [5.41, 5.74) is 4.25. The number of hydrogen-bond acceptors (Lipinski definition) is 4. The quantitative estimate of drug-likeness (QED) is 0.715. The number of carbonyl (C=O) groups is 1. The number of benzene rings is 2. The van der Waals surface area contributed by atoms with E-state index < -0.39 is 0 Å². The van der Waals surface area contributed by atoms with E-state index in [1.165, 1.54) is 11.1 Å². The van der Waals surface area contributed by atoms with E-state index in [9.17, 15) is 4.79 Å². The molecule has 1 amide bonds. The molecular formula is C20H21N3O2. The summed E-state index contributed by atoms with van der Waals surface area (Å²) in [5.74, 6) is 0.976. The normalized spacial score (nSPS) is 10.7. The second kappa shape index (κ2) is 7.30. The van der Waals surface area contributed by atoms with E-state index in [2.05, 4.69) is 10.1 Å². The third kappa shape index (κ3) is 4.32. The average Bonchev–Trinajstić information content (AvgIpc) is 3.06. The van der Waals surface area contributed by atoms with Crippen molar-refractivity contribution in [3.8, 4) is 11.4 Å². The van der Waals surface area contributed by atoms with Crippen LogP contribution in [0.15, 0.2) is 53.1 Å². The highest BCUT2D eigenvalue weighted by Gasteiger charge is 2.15. The lowest BCUT2D eigenvalue weighted by molar-refractivity contribution is -0.130. The smallest absolute Gasteiger partial charge is 0.246 e. The second-order valence-corrected chi connectivity index (χ2v) is 6.29. The van der Waals surface area contributed by atoms with Crippen LogP contribution in [0.4, 0.5) is 0 Å². The minimum Gasteiger partial charge on any atom is -0.337 e. The summed E-state index contributed by atoms with van der Waals surface area (Å²) in [6.45, 7) is 4.35. The Labute approximate surface area is 147 Å². The molecular weight excluding hydrogens is 314 g/mol. The monoisotopic (exact) mass is 335 g/mol. The first-order chi connectivity index (χ1) is 12.0. The van der Waals surface area contributed by atoms with Crippen LogP contribution in [-0.2, 0) is 17.8 Å². The van der Waals surface area contributed by atoms with Crippen molar-refractivity contribution in [1.82, 2.24) is 15.0 Å². The molecule has 1 aromatic heterocycles. The minimum atomic E-state index is 0.0129. The van der Waals surface area contributed by atoms with Gasteiger partial charge in [0, 0.05) is 12.6 Å². The van der Waals surface area contributed by atoms with Crippen molar-refractivity contribution >= 4 is 5.91 Å². The largest absolute Gasteiger partial charge is 0.337 e. The lowest BCUT2D eigenvalue weighted by Gasteiger charge is -2.14. The van der Waals surface area contributed by atoms with Gasteiger partial charge in [0.05, 0.1) is 13.0 Å². The summed E-state index contributed by atoms with van der Waals surface area (Å²) >= 11 is 0. The van der Waals surface area contributed by atoms with Crippen LogP contribution in [0.2, 0.25) is 0 Å². The van der Waals surface area contributed by atoms with Crippen LogP contribution in [0.3, 0.4) is 0 Å². The van der Waals surface area contributed by atoms with E-state index in [0.717, 1.165) is 11.1 Å². The van der Waals surface area contributed by atoms with Crippen molar-refractivity contribution in [2.75, 3.05) is 7.05 Å². The van der Waals surface area contributed by atoms with Gasteiger partial charge in [0.15, 0.2) is 0 Å². The zero-order chi connectivity index (χ0) is 17.8. The van der Waals surface area contributed by atoms with Gasteiger partial charge in [-0.25, -0.2) is 0 Å². The fraction of sp³-hybridized carbons (Fsp3) is 0.250. The SMILES string of the molecule is Cc1ccc(CC(=O)N(C)Cc2nc(-c3ccc(C)cc3)no2)cc1. The molecule has 3 rings (SSSR count). The Morgan fingerprint density at radius 2 is 1.60 bits per heavy atom. The van der Waals surface area contributed by atoms with E-state index >= 15 is 0 Å². The lowest BCUT2D eigenvalue weighted by atomic mass is 10.1. The van der Waals surface area contributed by atoms with E-state index in [1.807, 2.05) is 62.4 Å². The summed E-state index contributed by atoms with van der Waals surface area (Å²) in [4.78, 5) is 18.3. The Morgan fingerprint density at radius 3 is 2.24 bits per heavy atom. The second-order valence-electron chi connectivity index (χ2n) is 6.29. The Hall–Kier alpha value is -2.95. The Kier molecular flexibility index (Phi) is 4.93. The molecule has 128 valence electrons. The molecule has 0 radical (unpaired) electrons. The first kappa shape index (κ1) is 16.9. The van der Waals surface area contributed by atoms with Gasteiger partial charge in [-0.1, -0.05) is 64.8 Å². The molecule has 5 nitrogen and oxygen atoms in total. The predicted octanol–water partition coefficient (Wildman–Crippen LogP) is 3.55. The highest BCUT2D eigenvalue weighted by atomic mass is 16.5. The van der Waals surface area contributed by atoms with Crippen LogP contribution in [-0.4, -0.2) is 28.0 Å². The van der Waals surface area contributed by atoms with Gasteiger partial charge in [0.25, 0.3) is 0 Å². The molecule has 0 saturated heterocycles. The zero-order valence-electron chi connectivity index (χ0n) is 14.7. The molecule has 0 aliphatic heterocycles. The van der Waals surface area contributed by atoms with E-state index in [-0.39, 0.29) is 5.91 Å². The first-order valence-corrected chi connectivity index (χ1v) is 8.20. The van der Waals surface area contributed by atoms with Crippen molar-refractivity contribution in [2.24, 2.45) is 0 Å². The molecule has 0 atom stereocenters. The van der Waals surface area contributed by atoms with E-state index in [1.54, 1.807) is 11.9 Å². The van der Waals surface area contributed by atoms with Gasteiger partial charge in [0.2, 0.25) is 17.6 Å². The zero-order valence-corrected chi connectivity index (χ0v) is 14.7. The molecule has 0 aliphatic rings. The molecule has 5 heteroatoms. The van der Waals surface area contributed by atoms with Crippen LogP contribution in [0.25, 0.3) is 11.4 Å².